The standard InChI is InChI=1S/C27H32N6O3/c1-3-23(4-2-21(1)32-27-30-17-20(18-31-27)19-5-11-34-12-6-19)36-25-16-22(33-9-13-35-14-10-33)15-24-26(25)29-8-7-28-24/h5,7-8,15-18,21,23H,1-4,6,9-14H2,(H,30,31,32). The van der Waals surface area contributed by atoms with Crippen molar-refractivity contribution < 1.29 is 14.2 Å². The molecule has 2 fully saturated rings. The van der Waals surface area contributed by atoms with Crippen LogP contribution in [0.15, 0.2) is 43.0 Å². The van der Waals surface area contributed by atoms with Crippen LogP contribution in [0.4, 0.5) is 11.6 Å². The third kappa shape index (κ3) is 5.27. The highest BCUT2D eigenvalue weighted by Crippen LogP contribution is 2.33. The van der Waals surface area contributed by atoms with Gasteiger partial charge in [0, 0.05) is 61.2 Å². The van der Waals surface area contributed by atoms with Crippen LogP contribution in [0, 0.1) is 0 Å². The van der Waals surface area contributed by atoms with Crippen LogP contribution in [-0.4, -0.2) is 71.6 Å². The second-order valence-electron chi connectivity index (χ2n) is 9.55. The largest absolute Gasteiger partial charge is 0.488 e. The van der Waals surface area contributed by atoms with Crippen LogP contribution in [-0.2, 0) is 9.47 Å². The fourth-order valence-corrected chi connectivity index (χ4v) is 5.17. The van der Waals surface area contributed by atoms with E-state index in [1.54, 1.807) is 12.4 Å². The van der Waals surface area contributed by atoms with Gasteiger partial charge < -0.3 is 24.4 Å². The molecule has 2 aromatic heterocycles. The molecule has 6 rings (SSSR count). The van der Waals surface area contributed by atoms with Gasteiger partial charge in [0.15, 0.2) is 0 Å². The Morgan fingerprint density at radius 3 is 2.47 bits per heavy atom. The summed E-state index contributed by atoms with van der Waals surface area (Å²) in [6.07, 6.45) is 14.4. The minimum absolute atomic E-state index is 0.150. The molecule has 188 valence electrons. The van der Waals surface area contributed by atoms with Gasteiger partial charge in [-0.3, -0.25) is 4.98 Å². The van der Waals surface area contributed by atoms with Crippen LogP contribution < -0.4 is 15.0 Å². The number of aromatic nitrogens is 4. The molecule has 1 N–H and O–H groups in total. The first kappa shape index (κ1) is 23.1. The van der Waals surface area contributed by atoms with Crippen molar-refractivity contribution in [3.8, 4) is 5.75 Å². The van der Waals surface area contributed by atoms with Gasteiger partial charge in [0.25, 0.3) is 0 Å². The second kappa shape index (κ2) is 10.8. The van der Waals surface area contributed by atoms with Crippen molar-refractivity contribution in [1.29, 1.82) is 0 Å². The molecule has 36 heavy (non-hydrogen) atoms. The normalized spacial score (nSPS) is 22.8. The molecule has 0 atom stereocenters. The minimum atomic E-state index is 0.150. The summed E-state index contributed by atoms with van der Waals surface area (Å²) in [5.41, 5.74) is 5.15. The SMILES string of the molecule is C1=C(c2cnc(NC3CCC(Oc4cc(N5CCOCC5)cc5nccnc45)CC3)nc2)CCOC1. The maximum atomic E-state index is 6.55. The number of hydrogen-bond acceptors (Lipinski definition) is 9. The number of fused-ring (bicyclic) bond motifs is 1. The smallest absolute Gasteiger partial charge is 0.222 e. The molecule has 2 aliphatic heterocycles. The maximum absolute atomic E-state index is 6.55. The lowest BCUT2D eigenvalue weighted by Crippen LogP contribution is -2.36. The predicted molar refractivity (Wildman–Crippen MR) is 138 cm³/mol. The predicted octanol–water partition coefficient (Wildman–Crippen LogP) is 3.86. The number of hydrogen-bond donors (Lipinski definition) is 1. The van der Waals surface area contributed by atoms with Crippen molar-refractivity contribution in [2.75, 3.05) is 49.7 Å². The van der Waals surface area contributed by atoms with E-state index in [0.717, 1.165) is 93.0 Å². The monoisotopic (exact) mass is 488 g/mol. The quantitative estimate of drug-likeness (QED) is 0.555. The number of morpholine rings is 1. The van der Waals surface area contributed by atoms with E-state index in [1.807, 2.05) is 12.4 Å². The highest BCUT2D eigenvalue weighted by atomic mass is 16.5. The highest BCUT2D eigenvalue weighted by molar-refractivity contribution is 5.85. The molecule has 3 aromatic rings. The molecule has 1 aliphatic carbocycles. The molecule has 0 unspecified atom stereocenters. The zero-order valence-electron chi connectivity index (χ0n) is 20.4. The summed E-state index contributed by atoms with van der Waals surface area (Å²) in [6, 6.07) is 4.57. The number of anilines is 2. The van der Waals surface area contributed by atoms with E-state index >= 15 is 0 Å². The van der Waals surface area contributed by atoms with Gasteiger partial charge in [-0.25, -0.2) is 15.0 Å². The topological polar surface area (TPSA) is 94.5 Å². The van der Waals surface area contributed by atoms with Crippen LogP contribution in [0.3, 0.4) is 0 Å². The highest BCUT2D eigenvalue weighted by Gasteiger charge is 2.25. The van der Waals surface area contributed by atoms with Crippen LogP contribution >= 0.6 is 0 Å². The zero-order valence-corrected chi connectivity index (χ0v) is 20.4. The number of rotatable bonds is 6. The molecule has 3 aliphatic rings. The van der Waals surface area contributed by atoms with Gasteiger partial charge in [0.2, 0.25) is 5.95 Å². The molecule has 9 heteroatoms. The molecule has 4 heterocycles. The van der Waals surface area contributed by atoms with Gasteiger partial charge in [0.05, 0.1) is 38.0 Å². The summed E-state index contributed by atoms with van der Waals surface area (Å²) < 4.78 is 17.5. The van der Waals surface area contributed by atoms with Gasteiger partial charge in [-0.05, 0) is 43.7 Å². The third-order valence-corrected chi connectivity index (χ3v) is 7.19. The molecular weight excluding hydrogens is 456 g/mol. The lowest BCUT2D eigenvalue weighted by Gasteiger charge is -2.31. The first-order valence-corrected chi connectivity index (χ1v) is 12.9. The fraction of sp³-hybridized carbons (Fsp3) is 0.481. The van der Waals surface area contributed by atoms with E-state index in [1.165, 1.54) is 5.57 Å². The zero-order chi connectivity index (χ0) is 24.2. The fourth-order valence-electron chi connectivity index (χ4n) is 5.17. The van der Waals surface area contributed by atoms with Crippen LogP contribution in [0.1, 0.15) is 37.7 Å². The summed E-state index contributed by atoms with van der Waals surface area (Å²) in [5, 5.41) is 3.51. The molecule has 0 spiro atoms. The Kier molecular flexibility index (Phi) is 6.91. The molecule has 9 nitrogen and oxygen atoms in total. The Bertz CT molecular complexity index is 1200. The average Bonchev–Trinajstić information content (AvgIpc) is 2.95. The first-order chi connectivity index (χ1) is 17.8. The van der Waals surface area contributed by atoms with Crippen LogP contribution in [0.25, 0.3) is 16.6 Å². The van der Waals surface area contributed by atoms with Crippen molar-refractivity contribution in [1.82, 2.24) is 19.9 Å². The van der Waals surface area contributed by atoms with E-state index in [-0.39, 0.29) is 6.10 Å². The van der Waals surface area contributed by atoms with Crippen molar-refractivity contribution in [2.24, 2.45) is 0 Å². The number of nitrogens with zero attached hydrogens (tertiary/aromatic N) is 5. The third-order valence-electron chi connectivity index (χ3n) is 7.19. The molecule has 0 amide bonds. The van der Waals surface area contributed by atoms with Gasteiger partial charge in [-0.1, -0.05) is 6.08 Å². The van der Waals surface area contributed by atoms with Crippen molar-refractivity contribution >= 4 is 28.2 Å². The van der Waals surface area contributed by atoms with Crippen LogP contribution in [0.5, 0.6) is 5.75 Å². The Hall–Kier alpha value is -3.30. The van der Waals surface area contributed by atoms with Crippen molar-refractivity contribution in [3.05, 3.63) is 48.6 Å². The van der Waals surface area contributed by atoms with Crippen molar-refractivity contribution in [3.63, 3.8) is 0 Å². The van der Waals surface area contributed by atoms with Gasteiger partial charge >= 0.3 is 0 Å². The number of ether oxygens (including phenoxy) is 3. The Morgan fingerprint density at radius 1 is 0.889 bits per heavy atom. The summed E-state index contributed by atoms with van der Waals surface area (Å²) in [4.78, 5) is 20.6. The summed E-state index contributed by atoms with van der Waals surface area (Å²) >= 11 is 0. The van der Waals surface area contributed by atoms with Gasteiger partial charge in [0.1, 0.15) is 11.3 Å². The van der Waals surface area contributed by atoms with Crippen LogP contribution in [0.2, 0.25) is 0 Å². The lowest BCUT2D eigenvalue weighted by atomic mass is 9.93. The number of nitrogens with one attached hydrogen (secondary N) is 1. The molecule has 0 bridgehead atoms. The van der Waals surface area contributed by atoms with Gasteiger partial charge in [-0.15, -0.1) is 0 Å². The Morgan fingerprint density at radius 2 is 1.69 bits per heavy atom. The molecule has 1 saturated carbocycles. The lowest BCUT2D eigenvalue weighted by molar-refractivity contribution is 0.122. The van der Waals surface area contributed by atoms with E-state index < -0.39 is 0 Å². The first-order valence-electron chi connectivity index (χ1n) is 12.9. The minimum Gasteiger partial charge on any atom is -0.488 e. The Balaban J connectivity index is 1.08. The molecule has 1 aromatic carbocycles. The average molecular weight is 489 g/mol. The molecule has 0 radical (unpaired) electrons. The van der Waals surface area contributed by atoms with Gasteiger partial charge in [-0.2, -0.15) is 0 Å². The van der Waals surface area contributed by atoms with E-state index in [9.17, 15) is 0 Å². The summed E-state index contributed by atoms with van der Waals surface area (Å²) in [6.45, 7) is 4.65. The second-order valence-corrected chi connectivity index (χ2v) is 9.55. The summed E-state index contributed by atoms with van der Waals surface area (Å²) in [5.74, 6) is 1.51. The van der Waals surface area contributed by atoms with Crippen molar-refractivity contribution in [2.45, 2.75) is 44.2 Å². The van der Waals surface area contributed by atoms with E-state index in [0.29, 0.717) is 18.6 Å². The Labute approximate surface area is 210 Å². The molecule has 1 saturated heterocycles. The summed E-state index contributed by atoms with van der Waals surface area (Å²) in [7, 11) is 0. The maximum Gasteiger partial charge on any atom is 0.222 e. The molecular formula is C27H32N6O3. The number of benzene rings is 1. The van der Waals surface area contributed by atoms with E-state index in [4.69, 9.17) is 14.2 Å². The van der Waals surface area contributed by atoms with E-state index in [2.05, 4.69) is 48.4 Å².